The number of nitro benzene ring substituents is 1. The molecule has 0 spiro atoms. The molecule has 1 amide bonds. The van der Waals surface area contributed by atoms with Gasteiger partial charge in [0.05, 0.1) is 4.92 Å². The van der Waals surface area contributed by atoms with Crippen molar-refractivity contribution in [3.05, 3.63) is 34.4 Å². The maximum Gasteiger partial charge on any atom is 0.269 e. The number of carbonyl (C=O) groups is 1. The third-order valence-corrected chi connectivity index (χ3v) is 4.23. The van der Waals surface area contributed by atoms with E-state index in [1.807, 2.05) is 11.8 Å². The minimum absolute atomic E-state index is 0.0745. The van der Waals surface area contributed by atoms with Crippen LogP contribution in [0.4, 0.5) is 11.4 Å². The van der Waals surface area contributed by atoms with Crippen molar-refractivity contribution < 1.29 is 9.72 Å². The Morgan fingerprint density at radius 3 is 2.69 bits per heavy atom. The van der Waals surface area contributed by atoms with Crippen molar-refractivity contribution in [1.29, 1.82) is 0 Å². The molecule has 9 heteroatoms. The highest BCUT2D eigenvalue weighted by molar-refractivity contribution is 5.80. The fraction of sp³-hybridized carbons (Fsp3) is 0.529. The zero-order chi connectivity index (χ0) is 18.9. The number of non-ortho nitro benzene ring substituents is 1. The summed E-state index contributed by atoms with van der Waals surface area (Å²) in [5, 5.41) is 20.4. The molecule has 1 aliphatic heterocycles. The molecule has 1 heterocycles. The van der Waals surface area contributed by atoms with Crippen molar-refractivity contribution in [2.45, 2.75) is 25.8 Å². The summed E-state index contributed by atoms with van der Waals surface area (Å²) >= 11 is 0. The monoisotopic (exact) mass is 362 g/mol. The lowest BCUT2D eigenvalue weighted by Gasteiger charge is -2.19. The fourth-order valence-corrected chi connectivity index (χ4v) is 2.80. The van der Waals surface area contributed by atoms with Crippen LogP contribution in [-0.2, 0) is 4.79 Å². The summed E-state index contributed by atoms with van der Waals surface area (Å²) in [5.74, 6) is 0.885. The van der Waals surface area contributed by atoms with Crippen LogP contribution in [0.5, 0.6) is 0 Å². The van der Waals surface area contributed by atoms with Crippen LogP contribution in [0.3, 0.4) is 0 Å². The number of anilines is 1. The highest BCUT2D eigenvalue weighted by atomic mass is 16.6. The first-order valence-electron chi connectivity index (χ1n) is 8.76. The summed E-state index contributed by atoms with van der Waals surface area (Å²) < 4.78 is 0. The average molecular weight is 362 g/mol. The van der Waals surface area contributed by atoms with Gasteiger partial charge in [-0.1, -0.05) is 6.92 Å². The number of nitrogens with zero attached hydrogens (tertiary/aromatic N) is 3. The first-order chi connectivity index (χ1) is 12.5. The van der Waals surface area contributed by atoms with Crippen LogP contribution in [0.2, 0.25) is 0 Å². The van der Waals surface area contributed by atoms with Crippen molar-refractivity contribution in [3.63, 3.8) is 0 Å². The third-order valence-electron chi connectivity index (χ3n) is 4.23. The van der Waals surface area contributed by atoms with E-state index in [4.69, 9.17) is 0 Å². The fourth-order valence-electron chi connectivity index (χ4n) is 2.80. The smallest absolute Gasteiger partial charge is 0.269 e. The largest absolute Gasteiger partial charge is 0.383 e. The lowest BCUT2D eigenvalue weighted by Crippen LogP contribution is -2.46. The molecule has 9 nitrogen and oxygen atoms in total. The Morgan fingerprint density at radius 2 is 2.08 bits per heavy atom. The molecule has 142 valence electrons. The van der Waals surface area contributed by atoms with Gasteiger partial charge in [-0.05, 0) is 18.6 Å². The Labute approximate surface area is 153 Å². The minimum atomic E-state index is -0.417. The molecule has 0 saturated carbocycles. The SMILES string of the molecule is CCC(=O)N1CCC(NC(=NC)NCCNc2ccc([N+](=O)[O-])cc2)C1. The van der Waals surface area contributed by atoms with Crippen molar-refractivity contribution in [2.75, 3.05) is 38.5 Å². The van der Waals surface area contributed by atoms with Crippen LogP contribution in [0, 0.1) is 10.1 Å². The average Bonchev–Trinajstić information content (AvgIpc) is 3.12. The summed E-state index contributed by atoms with van der Waals surface area (Å²) in [4.78, 5) is 28.0. The van der Waals surface area contributed by atoms with E-state index in [0.29, 0.717) is 32.0 Å². The summed E-state index contributed by atoms with van der Waals surface area (Å²) in [6.45, 7) is 4.64. The van der Waals surface area contributed by atoms with Crippen LogP contribution in [0.25, 0.3) is 0 Å². The van der Waals surface area contributed by atoms with E-state index in [2.05, 4.69) is 20.9 Å². The van der Waals surface area contributed by atoms with Gasteiger partial charge in [-0.3, -0.25) is 19.9 Å². The minimum Gasteiger partial charge on any atom is -0.383 e. The zero-order valence-electron chi connectivity index (χ0n) is 15.2. The quantitative estimate of drug-likeness (QED) is 0.221. The number of nitrogens with one attached hydrogen (secondary N) is 3. The second-order valence-electron chi connectivity index (χ2n) is 6.05. The summed E-state index contributed by atoms with van der Waals surface area (Å²) in [6, 6.07) is 6.52. The first-order valence-corrected chi connectivity index (χ1v) is 8.76. The number of benzene rings is 1. The molecule has 0 bridgehead atoms. The van der Waals surface area contributed by atoms with Gasteiger partial charge in [0.25, 0.3) is 5.69 Å². The molecule has 2 rings (SSSR count). The van der Waals surface area contributed by atoms with Gasteiger partial charge < -0.3 is 20.9 Å². The molecule has 1 unspecified atom stereocenters. The second kappa shape index (κ2) is 9.59. The normalized spacial score (nSPS) is 17.1. The van der Waals surface area contributed by atoms with E-state index in [-0.39, 0.29) is 17.6 Å². The van der Waals surface area contributed by atoms with E-state index in [9.17, 15) is 14.9 Å². The van der Waals surface area contributed by atoms with Gasteiger partial charge in [0, 0.05) is 63.5 Å². The van der Waals surface area contributed by atoms with Crippen LogP contribution >= 0.6 is 0 Å². The van der Waals surface area contributed by atoms with Crippen LogP contribution in [0.15, 0.2) is 29.3 Å². The van der Waals surface area contributed by atoms with Gasteiger partial charge >= 0.3 is 0 Å². The second-order valence-corrected chi connectivity index (χ2v) is 6.05. The molecule has 1 aromatic carbocycles. The Kier molecular flexibility index (Phi) is 7.19. The number of guanidine groups is 1. The lowest BCUT2D eigenvalue weighted by molar-refractivity contribution is -0.384. The molecule has 1 saturated heterocycles. The summed E-state index contributed by atoms with van der Waals surface area (Å²) in [5.41, 5.74) is 0.898. The Balaban J connectivity index is 1.69. The number of nitro groups is 1. The Bertz CT molecular complexity index is 646. The molecule has 26 heavy (non-hydrogen) atoms. The van der Waals surface area contributed by atoms with Crippen molar-refractivity contribution in [1.82, 2.24) is 15.5 Å². The van der Waals surface area contributed by atoms with Crippen molar-refractivity contribution in [3.8, 4) is 0 Å². The van der Waals surface area contributed by atoms with E-state index in [1.165, 1.54) is 12.1 Å². The van der Waals surface area contributed by atoms with E-state index >= 15 is 0 Å². The Morgan fingerprint density at radius 1 is 1.35 bits per heavy atom. The molecule has 1 aliphatic rings. The number of carbonyl (C=O) groups excluding carboxylic acids is 1. The third kappa shape index (κ3) is 5.61. The highest BCUT2D eigenvalue weighted by Crippen LogP contribution is 2.15. The summed E-state index contributed by atoms with van der Waals surface area (Å²) in [6.07, 6.45) is 1.45. The number of likely N-dealkylation sites (tertiary alicyclic amines) is 1. The molecule has 1 aromatic rings. The number of amides is 1. The molecule has 0 aromatic heterocycles. The zero-order valence-corrected chi connectivity index (χ0v) is 15.2. The number of rotatable bonds is 7. The van der Waals surface area contributed by atoms with Gasteiger partial charge in [-0.15, -0.1) is 0 Å². The van der Waals surface area contributed by atoms with E-state index in [0.717, 1.165) is 18.7 Å². The molecule has 3 N–H and O–H groups in total. The van der Waals surface area contributed by atoms with Gasteiger partial charge in [-0.25, -0.2) is 0 Å². The Hall–Kier alpha value is -2.84. The molecule has 0 aliphatic carbocycles. The predicted molar refractivity (Wildman–Crippen MR) is 101 cm³/mol. The molecular formula is C17H26N6O3. The van der Waals surface area contributed by atoms with Gasteiger partial charge in [0.1, 0.15) is 0 Å². The predicted octanol–water partition coefficient (Wildman–Crippen LogP) is 1.18. The molecule has 1 fully saturated rings. The molecule has 0 radical (unpaired) electrons. The number of aliphatic imine (C=N–C) groups is 1. The number of hydrogen-bond acceptors (Lipinski definition) is 5. The first kappa shape index (κ1) is 19.5. The topological polar surface area (TPSA) is 112 Å². The van der Waals surface area contributed by atoms with Crippen molar-refractivity contribution in [2.24, 2.45) is 4.99 Å². The van der Waals surface area contributed by atoms with Gasteiger partial charge in [0.15, 0.2) is 5.96 Å². The number of hydrogen-bond donors (Lipinski definition) is 3. The highest BCUT2D eigenvalue weighted by Gasteiger charge is 2.25. The van der Waals surface area contributed by atoms with Crippen LogP contribution < -0.4 is 16.0 Å². The van der Waals surface area contributed by atoms with Crippen molar-refractivity contribution >= 4 is 23.2 Å². The maximum absolute atomic E-state index is 11.7. The van der Waals surface area contributed by atoms with Crippen LogP contribution in [-0.4, -0.2) is 61.0 Å². The van der Waals surface area contributed by atoms with Gasteiger partial charge in [0.2, 0.25) is 5.91 Å². The van der Waals surface area contributed by atoms with Gasteiger partial charge in [-0.2, -0.15) is 0 Å². The molecular weight excluding hydrogens is 336 g/mol. The standard InChI is InChI=1S/C17H26N6O3/c1-3-16(24)22-11-8-14(12-22)21-17(18-2)20-10-9-19-13-4-6-15(7-5-13)23(25)26/h4-7,14,19H,3,8-12H2,1-2H3,(H2,18,20,21). The van der Waals surface area contributed by atoms with E-state index in [1.54, 1.807) is 19.2 Å². The molecule has 1 atom stereocenters. The van der Waals surface area contributed by atoms with E-state index < -0.39 is 4.92 Å². The maximum atomic E-state index is 11.7. The lowest BCUT2D eigenvalue weighted by atomic mass is 10.3. The summed E-state index contributed by atoms with van der Waals surface area (Å²) in [7, 11) is 1.71. The van der Waals surface area contributed by atoms with Crippen LogP contribution in [0.1, 0.15) is 19.8 Å².